The molecule has 0 aromatic rings. The van der Waals surface area contributed by atoms with Crippen molar-refractivity contribution in [2.24, 2.45) is 0 Å². The Bertz CT molecular complexity index is 688. The second-order valence-corrected chi connectivity index (χ2v) is 9.05. The van der Waals surface area contributed by atoms with E-state index in [1.807, 2.05) is 0 Å². The number of ether oxygens (including phenoxy) is 1. The lowest BCUT2D eigenvalue weighted by molar-refractivity contribution is -0.152. The van der Waals surface area contributed by atoms with Crippen molar-refractivity contribution in [1.82, 2.24) is 14.7 Å². The Morgan fingerprint density at radius 3 is 1.66 bits per heavy atom. The molecule has 3 heterocycles. The van der Waals surface area contributed by atoms with Crippen LogP contribution in [-0.4, -0.2) is 87.0 Å². The van der Waals surface area contributed by atoms with Gasteiger partial charge >= 0.3 is 12.1 Å². The molecule has 0 saturated carbocycles. The minimum Gasteiger partial charge on any atom is -0.480 e. The zero-order valence-electron chi connectivity index (χ0n) is 17.4. The Hall–Kier alpha value is -2.32. The minimum atomic E-state index is -1.00. The summed E-state index contributed by atoms with van der Waals surface area (Å²) in [6, 6.07) is -2.10. The van der Waals surface area contributed by atoms with Gasteiger partial charge in [-0.05, 0) is 59.3 Å². The number of rotatable bonds is 3. The van der Waals surface area contributed by atoms with Crippen LogP contribution in [0.5, 0.6) is 0 Å². The van der Waals surface area contributed by atoms with Crippen LogP contribution in [0.1, 0.15) is 59.3 Å². The van der Waals surface area contributed by atoms with E-state index in [0.717, 1.165) is 0 Å². The highest BCUT2D eigenvalue weighted by molar-refractivity contribution is 5.93. The van der Waals surface area contributed by atoms with Crippen molar-refractivity contribution in [2.45, 2.75) is 83.0 Å². The van der Waals surface area contributed by atoms with Crippen LogP contribution < -0.4 is 0 Å². The van der Waals surface area contributed by atoms with Gasteiger partial charge in [-0.3, -0.25) is 14.5 Å². The molecule has 3 atom stereocenters. The summed E-state index contributed by atoms with van der Waals surface area (Å²) >= 11 is 0. The van der Waals surface area contributed by atoms with Crippen LogP contribution in [-0.2, 0) is 19.1 Å². The molecular weight excluding hydrogens is 378 g/mol. The van der Waals surface area contributed by atoms with Crippen molar-refractivity contribution in [1.29, 1.82) is 0 Å². The second-order valence-electron chi connectivity index (χ2n) is 9.05. The van der Waals surface area contributed by atoms with Gasteiger partial charge in [0.05, 0.1) is 0 Å². The maximum absolute atomic E-state index is 13.3. The SMILES string of the molecule is CC(C)(C)OC(=O)N1CCC[C@@H]1C(=O)N1CCC[C@H]1C(=O)N1CCC[C@@H]1C(=O)O. The quantitative estimate of drug-likeness (QED) is 0.756. The van der Waals surface area contributed by atoms with E-state index >= 15 is 0 Å². The van der Waals surface area contributed by atoms with Gasteiger partial charge in [0.25, 0.3) is 0 Å². The maximum atomic E-state index is 13.3. The zero-order chi connectivity index (χ0) is 21.3. The van der Waals surface area contributed by atoms with E-state index in [1.165, 1.54) is 9.80 Å². The van der Waals surface area contributed by atoms with Gasteiger partial charge < -0.3 is 19.6 Å². The summed E-state index contributed by atoms with van der Waals surface area (Å²) in [6.07, 6.45) is 3.03. The van der Waals surface area contributed by atoms with E-state index in [-0.39, 0.29) is 11.8 Å². The Morgan fingerprint density at radius 1 is 0.759 bits per heavy atom. The van der Waals surface area contributed by atoms with Gasteiger partial charge in [0.2, 0.25) is 11.8 Å². The fourth-order valence-electron chi connectivity index (χ4n) is 4.52. The molecule has 3 rings (SSSR count). The summed E-state index contributed by atoms with van der Waals surface area (Å²) < 4.78 is 5.44. The Kier molecular flexibility index (Phi) is 6.05. The molecule has 0 aromatic heterocycles. The maximum Gasteiger partial charge on any atom is 0.410 e. The van der Waals surface area contributed by atoms with Crippen LogP contribution in [0.2, 0.25) is 0 Å². The number of nitrogens with zero attached hydrogens (tertiary/aromatic N) is 3. The summed E-state index contributed by atoms with van der Waals surface area (Å²) in [6.45, 7) is 6.64. The Labute approximate surface area is 170 Å². The monoisotopic (exact) mass is 409 g/mol. The van der Waals surface area contributed by atoms with Gasteiger partial charge in [-0.15, -0.1) is 0 Å². The summed E-state index contributed by atoms with van der Waals surface area (Å²) in [5.74, 6) is -1.53. The number of hydrogen-bond acceptors (Lipinski definition) is 5. The molecule has 0 spiro atoms. The average molecular weight is 409 g/mol. The van der Waals surface area contributed by atoms with Gasteiger partial charge in [-0.1, -0.05) is 0 Å². The molecule has 0 radical (unpaired) electrons. The fourth-order valence-corrected chi connectivity index (χ4v) is 4.52. The first-order valence-corrected chi connectivity index (χ1v) is 10.4. The molecule has 0 unspecified atom stereocenters. The molecule has 0 aliphatic carbocycles. The first kappa shape index (κ1) is 21.4. The number of carboxylic acids is 1. The molecule has 3 aliphatic heterocycles. The van der Waals surface area contributed by atoms with E-state index in [9.17, 15) is 24.3 Å². The number of aliphatic carboxylic acids is 1. The molecule has 1 N–H and O–H groups in total. The number of hydrogen-bond donors (Lipinski definition) is 1. The van der Waals surface area contributed by atoms with Crippen molar-refractivity contribution in [3.63, 3.8) is 0 Å². The third-order valence-electron chi connectivity index (χ3n) is 5.81. The van der Waals surface area contributed by atoms with Crippen molar-refractivity contribution in [3.05, 3.63) is 0 Å². The van der Waals surface area contributed by atoms with Gasteiger partial charge in [-0.25, -0.2) is 9.59 Å². The lowest BCUT2D eigenvalue weighted by Crippen LogP contribution is -2.55. The van der Waals surface area contributed by atoms with Crippen LogP contribution in [0.4, 0.5) is 4.79 Å². The topological polar surface area (TPSA) is 107 Å². The average Bonchev–Trinajstić information content (AvgIpc) is 3.38. The molecule has 3 amide bonds. The largest absolute Gasteiger partial charge is 0.480 e. The number of likely N-dealkylation sites (tertiary alicyclic amines) is 3. The predicted octanol–water partition coefficient (Wildman–Crippen LogP) is 1.45. The molecule has 9 heteroatoms. The standard InChI is InChI=1S/C20H31N3O6/c1-20(2,3)29-19(28)23-12-5-8-14(23)17(25)21-10-4-7-13(21)16(24)22-11-6-9-15(22)18(26)27/h13-15H,4-12H2,1-3H3,(H,26,27)/t13-,14+,15+/m0/s1. The number of carbonyl (C=O) groups is 4. The molecule has 3 aliphatic rings. The Balaban J connectivity index is 1.71. The normalized spacial score (nSPS) is 27.4. The van der Waals surface area contributed by atoms with Crippen molar-refractivity contribution in [3.8, 4) is 0 Å². The third-order valence-corrected chi connectivity index (χ3v) is 5.81. The lowest BCUT2D eigenvalue weighted by Gasteiger charge is -2.34. The highest BCUT2D eigenvalue weighted by Crippen LogP contribution is 2.29. The van der Waals surface area contributed by atoms with Crippen molar-refractivity contribution in [2.75, 3.05) is 19.6 Å². The van der Waals surface area contributed by atoms with Gasteiger partial charge in [0.1, 0.15) is 23.7 Å². The molecular formula is C20H31N3O6. The van der Waals surface area contributed by atoms with E-state index in [4.69, 9.17) is 4.74 Å². The minimum absolute atomic E-state index is 0.240. The first-order valence-electron chi connectivity index (χ1n) is 10.4. The number of carboxylic acid groups (broad SMARTS) is 1. The molecule has 0 aromatic carbocycles. The van der Waals surface area contributed by atoms with Crippen LogP contribution in [0, 0.1) is 0 Å². The first-order chi connectivity index (χ1) is 13.6. The third kappa shape index (κ3) is 4.48. The number of carbonyl (C=O) groups excluding carboxylic acids is 3. The van der Waals surface area contributed by atoms with E-state index in [2.05, 4.69) is 0 Å². The number of amides is 3. The highest BCUT2D eigenvalue weighted by atomic mass is 16.6. The van der Waals surface area contributed by atoms with Crippen LogP contribution in [0.3, 0.4) is 0 Å². The predicted molar refractivity (Wildman–Crippen MR) is 103 cm³/mol. The van der Waals surface area contributed by atoms with E-state index in [0.29, 0.717) is 58.2 Å². The summed E-state index contributed by atoms with van der Waals surface area (Å²) in [7, 11) is 0. The van der Waals surface area contributed by atoms with Gasteiger partial charge in [0.15, 0.2) is 0 Å². The molecule has 0 bridgehead atoms. The lowest BCUT2D eigenvalue weighted by atomic mass is 10.1. The molecule has 3 fully saturated rings. The fraction of sp³-hybridized carbons (Fsp3) is 0.800. The van der Waals surface area contributed by atoms with E-state index < -0.39 is 35.8 Å². The summed E-state index contributed by atoms with van der Waals surface area (Å²) in [5.41, 5.74) is -0.652. The molecule has 162 valence electrons. The Morgan fingerprint density at radius 2 is 1.17 bits per heavy atom. The summed E-state index contributed by atoms with van der Waals surface area (Å²) in [4.78, 5) is 54.7. The zero-order valence-corrected chi connectivity index (χ0v) is 17.4. The second kappa shape index (κ2) is 8.20. The van der Waals surface area contributed by atoms with Crippen LogP contribution in [0.15, 0.2) is 0 Å². The highest BCUT2D eigenvalue weighted by Gasteiger charge is 2.46. The van der Waals surface area contributed by atoms with Crippen LogP contribution in [0.25, 0.3) is 0 Å². The van der Waals surface area contributed by atoms with E-state index in [1.54, 1.807) is 25.7 Å². The molecule has 9 nitrogen and oxygen atoms in total. The molecule has 3 saturated heterocycles. The van der Waals surface area contributed by atoms with Gasteiger partial charge in [-0.2, -0.15) is 0 Å². The van der Waals surface area contributed by atoms with Crippen molar-refractivity contribution < 1.29 is 29.0 Å². The van der Waals surface area contributed by atoms with Crippen molar-refractivity contribution >= 4 is 23.9 Å². The smallest absolute Gasteiger partial charge is 0.410 e. The van der Waals surface area contributed by atoms with Crippen LogP contribution >= 0.6 is 0 Å². The molecule has 29 heavy (non-hydrogen) atoms. The van der Waals surface area contributed by atoms with Gasteiger partial charge in [0, 0.05) is 19.6 Å². The summed E-state index contributed by atoms with van der Waals surface area (Å²) in [5, 5.41) is 9.38.